The van der Waals surface area contributed by atoms with E-state index in [1.54, 1.807) is 24.4 Å². The van der Waals surface area contributed by atoms with Crippen LogP contribution in [0.15, 0.2) is 54.7 Å². The molecule has 0 aliphatic heterocycles. The number of hydrogen-bond acceptors (Lipinski definition) is 4. The van der Waals surface area contributed by atoms with Crippen LogP contribution < -0.4 is 10.6 Å². The molecule has 0 spiro atoms. The van der Waals surface area contributed by atoms with Crippen LogP contribution in [0.4, 0.5) is 11.5 Å². The van der Waals surface area contributed by atoms with Gasteiger partial charge in [-0.05, 0) is 42.8 Å². The van der Waals surface area contributed by atoms with Crippen LogP contribution in [0.5, 0.6) is 0 Å². The van der Waals surface area contributed by atoms with Crippen LogP contribution in [0.1, 0.15) is 27.3 Å². The number of rotatable bonds is 5. The van der Waals surface area contributed by atoms with Crippen molar-refractivity contribution in [2.24, 2.45) is 7.05 Å². The Kier molecular flexibility index (Phi) is 4.99. The average molecular weight is 345 g/mol. The monoisotopic (exact) mass is 345 g/mol. The number of anilines is 2. The van der Waals surface area contributed by atoms with Crippen LogP contribution >= 0.6 is 0 Å². The number of nitrogens with one attached hydrogen (secondary N) is 2. The Morgan fingerprint density at radius 2 is 2.00 bits per heavy atom. The molecule has 0 aliphatic carbocycles. The minimum absolute atomic E-state index is 0.192. The molecule has 0 radical (unpaired) electrons. The Hall–Kier alpha value is -3.59. The van der Waals surface area contributed by atoms with Gasteiger partial charge in [-0.2, -0.15) is 5.26 Å². The van der Waals surface area contributed by atoms with Crippen LogP contribution in [0, 0.1) is 18.3 Å². The SMILES string of the molecule is Cc1c(CNc2ccc(NC(=O)c3ccccc3)nc2)cc(C#N)n1C. The highest BCUT2D eigenvalue weighted by Gasteiger charge is 2.09. The lowest BCUT2D eigenvalue weighted by molar-refractivity contribution is 0.102. The van der Waals surface area contributed by atoms with Gasteiger partial charge in [-0.25, -0.2) is 4.98 Å². The molecular weight excluding hydrogens is 326 g/mol. The number of carbonyl (C=O) groups is 1. The van der Waals surface area contributed by atoms with Crippen molar-refractivity contribution in [3.05, 3.63) is 77.2 Å². The first kappa shape index (κ1) is 17.2. The summed E-state index contributed by atoms with van der Waals surface area (Å²) in [5.74, 6) is 0.301. The highest BCUT2D eigenvalue weighted by Crippen LogP contribution is 2.16. The summed E-state index contributed by atoms with van der Waals surface area (Å²) in [7, 11) is 1.88. The molecule has 1 amide bonds. The first-order valence-electron chi connectivity index (χ1n) is 8.20. The lowest BCUT2D eigenvalue weighted by atomic mass is 10.2. The van der Waals surface area contributed by atoms with Gasteiger partial charge in [-0.1, -0.05) is 18.2 Å². The Balaban J connectivity index is 1.62. The molecule has 0 saturated carbocycles. The van der Waals surface area contributed by atoms with E-state index in [1.165, 1.54) is 0 Å². The molecular formula is C20H19N5O. The van der Waals surface area contributed by atoms with E-state index < -0.39 is 0 Å². The second-order valence-corrected chi connectivity index (χ2v) is 5.92. The maximum Gasteiger partial charge on any atom is 0.256 e. The van der Waals surface area contributed by atoms with E-state index in [0.29, 0.717) is 23.6 Å². The van der Waals surface area contributed by atoms with Gasteiger partial charge in [0.2, 0.25) is 0 Å². The minimum Gasteiger partial charge on any atom is -0.380 e. The maximum absolute atomic E-state index is 12.1. The lowest BCUT2D eigenvalue weighted by Crippen LogP contribution is -2.12. The number of amides is 1. The standard InChI is InChI=1S/C20H19N5O/c1-14-16(10-18(11-21)25(14)2)12-22-17-8-9-19(23-13-17)24-20(26)15-6-4-3-5-7-15/h3-10,13,22H,12H2,1-2H3,(H,23,24,26). The average Bonchev–Trinajstić information content (AvgIpc) is 2.96. The molecule has 2 N–H and O–H groups in total. The van der Waals surface area contributed by atoms with Gasteiger partial charge in [0.15, 0.2) is 0 Å². The van der Waals surface area contributed by atoms with E-state index in [2.05, 4.69) is 21.7 Å². The van der Waals surface area contributed by atoms with Gasteiger partial charge in [0.05, 0.1) is 11.9 Å². The van der Waals surface area contributed by atoms with Crippen molar-refractivity contribution >= 4 is 17.4 Å². The maximum atomic E-state index is 12.1. The van der Waals surface area contributed by atoms with Crippen LogP contribution in [-0.2, 0) is 13.6 Å². The molecule has 6 nitrogen and oxygen atoms in total. The zero-order valence-corrected chi connectivity index (χ0v) is 14.7. The summed E-state index contributed by atoms with van der Waals surface area (Å²) in [6.07, 6.45) is 1.67. The number of nitriles is 1. The van der Waals surface area contributed by atoms with Crippen molar-refractivity contribution in [3.63, 3.8) is 0 Å². The van der Waals surface area contributed by atoms with Crippen molar-refractivity contribution in [2.45, 2.75) is 13.5 Å². The fourth-order valence-electron chi connectivity index (χ4n) is 2.60. The van der Waals surface area contributed by atoms with Gasteiger partial charge in [-0.15, -0.1) is 0 Å². The molecule has 0 atom stereocenters. The van der Waals surface area contributed by atoms with Gasteiger partial charge < -0.3 is 15.2 Å². The largest absolute Gasteiger partial charge is 0.380 e. The van der Waals surface area contributed by atoms with Crippen molar-refractivity contribution in [2.75, 3.05) is 10.6 Å². The first-order chi connectivity index (χ1) is 12.6. The van der Waals surface area contributed by atoms with Crippen molar-refractivity contribution in [3.8, 4) is 6.07 Å². The summed E-state index contributed by atoms with van der Waals surface area (Å²) >= 11 is 0. The van der Waals surface area contributed by atoms with Gasteiger partial charge >= 0.3 is 0 Å². The van der Waals surface area contributed by atoms with E-state index >= 15 is 0 Å². The smallest absolute Gasteiger partial charge is 0.256 e. The predicted octanol–water partition coefficient (Wildman–Crippen LogP) is 3.46. The molecule has 6 heteroatoms. The van der Waals surface area contributed by atoms with E-state index in [4.69, 9.17) is 5.26 Å². The number of pyridine rings is 1. The van der Waals surface area contributed by atoms with E-state index in [0.717, 1.165) is 16.9 Å². The molecule has 2 heterocycles. The fourth-order valence-corrected chi connectivity index (χ4v) is 2.60. The molecule has 2 aromatic heterocycles. The third-order valence-corrected chi connectivity index (χ3v) is 4.28. The molecule has 0 fully saturated rings. The van der Waals surface area contributed by atoms with Crippen LogP contribution in [0.2, 0.25) is 0 Å². The molecule has 0 aliphatic rings. The molecule has 1 aromatic carbocycles. The van der Waals surface area contributed by atoms with Gasteiger partial charge in [0.25, 0.3) is 5.91 Å². The van der Waals surface area contributed by atoms with Gasteiger partial charge in [0, 0.05) is 24.8 Å². The van der Waals surface area contributed by atoms with Gasteiger partial charge in [-0.3, -0.25) is 4.79 Å². The lowest BCUT2D eigenvalue weighted by Gasteiger charge is -2.08. The van der Waals surface area contributed by atoms with Crippen molar-refractivity contribution in [1.29, 1.82) is 5.26 Å². The van der Waals surface area contributed by atoms with Crippen LogP contribution in [-0.4, -0.2) is 15.5 Å². The summed E-state index contributed by atoms with van der Waals surface area (Å²) in [5, 5.41) is 15.1. The normalized spacial score (nSPS) is 10.2. The second-order valence-electron chi connectivity index (χ2n) is 5.92. The van der Waals surface area contributed by atoms with Crippen molar-refractivity contribution in [1.82, 2.24) is 9.55 Å². The number of hydrogen-bond donors (Lipinski definition) is 2. The number of aromatic nitrogens is 2. The molecule has 0 bridgehead atoms. The highest BCUT2D eigenvalue weighted by molar-refractivity contribution is 6.03. The van der Waals surface area contributed by atoms with Crippen LogP contribution in [0.25, 0.3) is 0 Å². The number of benzene rings is 1. The molecule has 130 valence electrons. The van der Waals surface area contributed by atoms with E-state index in [-0.39, 0.29) is 5.91 Å². The minimum atomic E-state index is -0.192. The van der Waals surface area contributed by atoms with E-state index in [1.807, 2.05) is 48.9 Å². The Morgan fingerprint density at radius 3 is 2.62 bits per heavy atom. The number of carbonyl (C=O) groups excluding carboxylic acids is 1. The molecule has 3 aromatic rings. The fraction of sp³-hybridized carbons (Fsp3) is 0.150. The zero-order chi connectivity index (χ0) is 18.5. The summed E-state index contributed by atoms with van der Waals surface area (Å²) in [6, 6.07) is 16.7. The molecule has 3 rings (SSSR count). The Morgan fingerprint density at radius 1 is 1.23 bits per heavy atom. The third kappa shape index (κ3) is 3.73. The number of nitrogens with zero attached hydrogens (tertiary/aromatic N) is 3. The topological polar surface area (TPSA) is 82.7 Å². The Labute approximate surface area is 152 Å². The first-order valence-corrected chi connectivity index (χ1v) is 8.20. The van der Waals surface area contributed by atoms with Crippen LogP contribution in [0.3, 0.4) is 0 Å². The summed E-state index contributed by atoms with van der Waals surface area (Å²) in [6.45, 7) is 2.58. The van der Waals surface area contributed by atoms with Gasteiger partial charge in [0.1, 0.15) is 17.6 Å². The van der Waals surface area contributed by atoms with E-state index in [9.17, 15) is 4.79 Å². The molecule has 0 unspecified atom stereocenters. The third-order valence-electron chi connectivity index (χ3n) is 4.28. The quantitative estimate of drug-likeness (QED) is 0.742. The Bertz CT molecular complexity index is 952. The molecule has 26 heavy (non-hydrogen) atoms. The summed E-state index contributed by atoms with van der Waals surface area (Å²) < 4.78 is 1.87. The zero-order valence-electron chi connectivity index (χ0n) is 14.7. The van der Waals surface area contributed by atoms with Crippen molar-refractivity contribution < 1.29 is 4.79 Å². The second kappa shape index (κ2) is 7.53. The predicted molar refractivity (Wildman–Crippen MR) is 101 cm³/mol. The summed E-state index contributed by atoms with van der Waals surface area (Å²) in [5.41, 5.74) is 4.17. The molecule has 0 saturated heterocycles. The highest BCUT2D eigenvalue weighted by atomic mass is 16.1. The summed E-state index contributed by atoms with van der Waals surface area (Å²) in [4.78, 5) is 16.4.